The molecule has 1 aromatic heterocycles. The normalized spacial score (nSPS) is 10.7. The molecule has 0 saturated carbocycles. The summed E-state index contributed by atoms with van der Waals surface area (Å²) in [6.07, 6.45) is 3.47. The van der Waals surface area contributed by atoms with E-state index in [4.69, 9.17) is 25.8 Å². The highest BCUT2D eigenvalue weighted by Crippen LogP contribution is 2.30. The van der Waals surface area contributed by atoms with Crippen LogP contribution in [-0.4, -0.2) is 28.5 Å². The first kappa shape index (κ1) is 28.1. The number of aromatic nitrogens is 2. The highest BCUT2D eigenvalue weighted by Gasteiger charge is 2.08. The molecule has 0 aliphatic rings. The fourth-order valence-corrected chi connectivity index (χ4v) is 3.61. The summed E-state index contributed by atoms with van der Waals surface area (Å²) in [5, 5.41) is 6.13. The first-order chi connectivity index (χ1) is 19.4. The van der Waals surface area contributed by atoms with Crippen molar-refractivity contribution < 1.29 is 28.2 Å². The molecule has 9 nitrogen and oxygen atoms in total. The van der Waals surface area contributed by atoms with Gasteiger partial charge in [-0.15, -0.1) is 0 Å². The minimum atomic E-state index is -0.602. The number of carbonyl (C=O) groups excluding carboxylic acids is 2. The number of halogens is 2. The summed E-state index contributed by atoms with van der Waals surface area (Å²) in [7, 11) is 0. The van der Waals surface area contributed by atoms with Gasteiger partial charge in [-0.05, 0) is 55.0 Å². The van der Waals surface area contributed by atoms with E-state index >= 15 is 0 Å². The van der Waals surface area contributed by atoms with Crippen LogP contribution in [-0.2, 0) is 20.9 Å². The molecule has 11 heteroatoms. The molecule has 0 bridgehead atoms. The van der Waals surface area contributed by atoms with E-state index in [1.54, 1.807) is 67.6 Å². The van der Waals surface area contributed by atoms with Gasteiger partial charge in [-0.3, -0.25) is 4.79 Å². The Morgan fingerprint density at radius 1 is 0.975 bits per heavy atom. The Morgan fingerprint density at radius 2 is 1.82 bits per heavy atom. The van der Waals surface area contributed by atoms with Crippen molar-refractivity contribution in [2.75, 3.05) is 17.2 Å². The largest absolute Gasteiger partial charge is 0.487 e. The highest BCUT2D eigenvalue weighted by molar-refractivity contribution is 6.32. The van der Waals surface area contributed by atoms with Crippen molar-refractivity contribution >= 4 is 40.7 Å². The molecule has 0 fully saturated rings. The van der Waals surface area contributed by atoms with Crippen molar-refractivity contribution in [1.82, 2.24) is 9.97 Å². The van der Waals surface area contributed by atoms with Crippen molar-refractivity contribution in [2.24, 2.45) is 0 Å². The molecule has 4 aromatic rings. The van der Waals surface area contributed by atoms with Crippen LogP contribution in [0.15, 0.2) is 91.3 Å². The fraction of sp³-hybridized carbons (Fsp3) is 0.103. The van der Waals surface area contributed by atoms with E-state index in [0.717, 1.165) is 12.2 Å². The smallest absolute Gasteiger partial charge is 0.330 e. The molecule has 0 unspecified atom stereocenters. The van der Waals surface area contributed by atoms with Gasteiger partial charge in [-0.1, -0.05) is 29.8 Å². The zero-order chi connectivity index (χ0) is 28.3. The molecule has 2 N–H and O–H groups in total. The molecule has 1 heterocycles. The van der Waals surface area contributed by atoms with Gasteiger partial charge in [0.25, 0.3) is 0 Å². The summed E-state index contributed by atoms with van der Waals surface area (Å²) >= 11 is 6.38. The van der Waals surface area contributed by atoms with E-state index < -0.39 is 11.9 Å². The van der Waals surface area contributed by atoms with Gasteiger partial charge >= 0.3 is 5.97 Å². The molecule has 0 radical (unpaired) electrons. The monoisotopic (exact) mass is 562 g/mol. The molecule has 0 aliphatic heterocycles. The number of hydrogen-bond donors (Lipinski definition) is 2. The van der Waals surface area contributed by atoms with Gasteiger partial charge in [0.05, 0.1) is 11.6 Å². The van der Waals surface area contributed by atoms with Crippen molar-refractivity contribution in [3.63, 3.8) is 0 Å². The molecule has 3 aromatic carbocycles. The molecular formula is C29H24ClFN4O5. The second-order valence-corrected chi connectivity index (χ2v) is 8.54. The summed E-state index contributed by atoms with van der Waals surface area (Å²) in [5.74, 6) is 0.136. The SMILES string of the molecule is CCOC(=O)/C=C/C(=O)Nc1cccc(Oc2cc(Nc3ccc(OCc4cccc(F)c4)c(Cl)c3)ncn2)c1. The van der Waals surface area contributed by atoms with E-state index in [2.05, 4.69) is 20.6 Å². The quantitative estimate of drug-likeness (QED) is 0.159. The van der Waals surface area contributed by atoms with E-state index in [0.29, 0.717) is 39.3 Å². The number of ether oxygens (including phenoxy) is 3. The van der Waals surface area contributed by atoms with Gasteiger partial charge in [0.15, 0.2) is 0 Å². The summed E-state index contributed by atoms with van der Waals surface area (Å²) in [6, 6.07) is 19.5. The lowest BCUT2D eigenvalue weighted by molar-refractivity contribution is -0.137. The van der Waals surface area contributed by atoms with E-state index in [-0.39, 0.29) is 24.9 Å². The van der Waals surface area contributed by atoms with Crippen LogP contribution in [0.4, 0.5) is 21.6 Å². The molecule has 0 saturated heterocycles. The van der Waals surface area contributed by atoms with Crippen molar-refractivity contribution in [2.45, 2.75) is 13.5 Å². The molecule has 0 aliphatic carbocycles. The molecule has 0 atom stereocenters. The van der Waals surface area contributed by atoms with Crippen LogP contribution < -0.4 is 20.1 Å². The average Bonchev–Trinajstić information content (AvgIpc) is 2.92. The summed E-state index contributed by atoms with van der Waals surface area (Å²) in [4.78, 5) is 31.8. The maximum absolute atomic E-state index is 13.4. The molecule has 40 heavy (non-hydrogen) atoms. The Bertz CT molecular complexity index is 1530. The Kier molecular flexibility index (Phi) is 9.62. The number of anilines is 3. The Labute approximate surface area is 234 Å². The maximum atomic E-state index is 13.4. The minimum absolute atomic E-state index is 0.173. The predicted octanol–water partition coefficient (Wildman–Crippen LogP) is 6.44. The average molecular weight is 563 g/mol. The summed E-state index contributed by atoms with van der Waals surface area (Å²) in [5.41, 5.74) is 1.79. The zero-order valence-corrected chi connectivity index (χ0v) is 22.0. The Hall–Kier alpha value is -4.96. The number of nitrogens with one attached hydrogen (secondary N) is 2. The van der Waals surface area contributed by atoms with Gasteiger partial charge in [0.1, 0.15) is 36.1 Å². The van der Waals surface area contributed by atoms with Gasteiger partial charge < -0.3 is 24.8 Å². The van der Waals surface area contributed by atoms with Crippen LogP contribution in [0.1, 0.15) is 12.5 Å². The lowest BCUT2D eigenvalue weighted by Gasteiger charge is -2.12. The maximum Gasteiger partial charge on any atom is 0.330 e. The molecule has 0 spiro atoms. The number of hydrogen-bond acceptors (Lipinski definition) is 8. The third-order valence-corrected chi connectivity index (χ3v) is 5.41. The van der Waals surface area contributed by atoms with Gasteiger partial charge in [0.2, 0.25) is 11.8 Å². The summed E-state index contributed by atoms with van der Waals surface area (Å²) in [6.45, 7) is 2.07. The van der Waals surface area contributed by atoms with Crippen molar-refractivity contribution in [1.29, 1.82) is 0 Å². The van der Waals surface area contributed by atoms with E-state index in [1.165, 1.54) is 18.5 Å². The first-order valence-electron chi connectivity index (χ1n) is 12.1. The molecular weight excluding hydrogens is 539 g/mol. The van der Waals surface area contributed by atoms with Crippen LogP contribution >= 0.6 is 11.6 Å². The third kappa shape index (κ3) is 8.53. The van der Waals surface area contributed by atoms with E-state index in [1.807, 2.05) is 0 Å². The van der Waals surface area contributed by atoms with Crippen LogP contribution in [0.5, 0.6) is 17.4 Å². The van der Waals surface area contributed by atoms with Gasteiger partial charge in [-0.25, -0.2) is 19.2 Å². The number of esters is 1. The standard InChI is InChI=1S/C29H24ClFN4O5/c1-2-38-29(37)12-11-27(36)35-21-7-4-8-23(14-21)40-28-16-26(32-18-33-28)34-22-9-10-25(24(30)15-22)39-17-19-5-3-6-20(31)13-19/h3-16,18H,2,17H2,1H3,(H,35,36)(H,32,33,34)/b12-11+. The van der Waals surface area contributed by atoms with Crippen molar-refractivity contribution in [3.8, 4) is 17.4 Å². The Balaban J connectivity index is 1.35. The number of benzene rings is 3. The first-order valence-corrected chi connectivity index (χ1v) is 12.5. The van der Waals surface area contributed by atoms with Gasteiger partial charge in [-0.2, -0.15) is 0 Å². The van der Waals surface area contributed by atoms with E-state index in [9.17, 15) is 14.0 Å². The highest BCUT2D eigenvalue weighted by atomic mass is 35.5. The topological polar surface area (TPSA) is 112 Å². The predicted molar refractivity (Wildman–Crippen MR) is 148 cm³/mol. The molecule has 204 valence electrons. The summed E-state index contributed by atoms with van der Waals surface area (Å²) < 4.78 is 29.7. The number of carbonyl (C=O) groups is 2. The number of rotatable bonds is 11. The van der Waals surface area contributed by atoms with Gasteiger partial charge in [0, 0.05) is 35.7 Å². The minimum Gasteiger partial charge on any atom is -0.487 e. The Morgan fingerprint density at radius 3 is 2.62 bits per heavy atom. The lowest BCUT2D eigenvalue weighted by atomic mass is 10.2. The second-order valence-electron chi connectivity index (χ2n) is 8.13. The third-order valence-electron chi connectivity index (χ3n) is 5.11. The lowest BCUT2D eigenvalue weighted by Crippen LogP contribution is -2.09. The van der Waals surface area contributed by atoms with Crippen LogP contribution in [0, 0.1) is 5.82 Å². The second kappa shape index (κ2) is 13.7. The molecule has 1 amide bonds. The van der Waals surface area contributed by atoms with Crippen LogP contribution in [0.2, 0.25) is 5.02 Å². The van der Waals surface area contributed by atoms with Crippen LogP contribution in [0.3, 0.4) is 0 Å². The zero-order valence-electron chi connectivity index (χ0n) is 21.3. The van der Waals surface area contributed by atoms with Crippen molar-refractivity contribution in [3.05, 3.63) is 108 Å². The molecule has 4 rings (SSSR count). The number of nitrogens with zero attached hydrogens (tertiary/aromatic N) is 2. The number of amides is 1. The fourth-order valence-electron chi connectivity index (χ4n) is 3.37. The van der Waals surface area contributed by atoms with Crippen LogP contribution in [0.25, 0.3) is 0 Å².